The average molecular weight is 275 g/mol. The number of halogens is 1. The van der Waals surface area contributed by atoms with Crippen molar-refractivity contribution in [2.75, 3.05) is 12.6 Å². The molecule has 0 saturated carbocycles. The van der Waals surface area contributed by atoms with E-state index in [9.17, 15) is 4.48 Å². The molecule has 2 aromatic rings. The lowest BCUT2D eigenvalue weighted by Gasteiger charge is -2.13. The Labute approximate surface area is 118 Å². The monoisotopic (exact) mass is 275 g/mol. The van der Waals surface area contributed by atoms with Gasteiger partial charge in [0.2, 0.25) is 0 Å². The molecule has 0 heterocycles. The third-order valence-electron chi connectivity index (χ3n) is 3.19. The van der Waals surface area contributed by atoms with E-state index in [0.29, 0.717) is 18.0 Å². The van der Waals surface area contributed by atoms with Gasteiger partial charge in [-0.05, 0) is 43.2 Å². The molecule has 0 unspecified atom stereocenters. The van der Waals surface area contributed by atoms with Crippen LogP contribution in [0.2, 0.25) is 0 Å². The fourth-order valence-corrected chi connectivity index (χ4v) is 2.14. The van der Waals surface area contributed by atoms with Gasteiger partial charge in [-0.1, -0.05) is 18.2 Å². The minimum atomic E-state index is 0.408. The second-order valence-electron chi connectivity index (χ2n) is 4.63. The molecule has 0 radical (unpaired) electrons. The van der Waals surface area contributed by atoms with E-state index in [1.807, 2.05) is 50.2 Å². The van der Waals surface area contributed by atoms with E-state index in [0.717, 1.165) is 22.4 Å². The van der Waals surface area contributed by atoms with Crippen LogP contribution in [0.4, 0.5) is 10.2 Å². The van der Waals surface area contributed by atoms with E-state index in [1.165, 1.54) is 0 Å². The Morgan fingerprint density at radius 1 is 1.10 bits per heavy atom. The predicted molar refractivity (Wildman–Crippen MR) is 78.0 cm³/mol. The van der Waals surface area contributed by atoms with E-state index in [-0.39, 0.29) is 0 Å². The number of aryl methyl sites for hydroxylation is 2. The maximum atomic E-state index is 12.6. The summed E-state index contributed by atoms with van der Waals surface area (Å²) in [6.45, 7) is 4.08. The molecule has 0 aromatic heterocycles. The van der Waals surface area contributed by atoms with Gasteiger partial charge in [0.15, 0.2) is 0 Å². The first kappa shape index (κ1) is 14.2. The molecule has 0 saturated heterocycles. The summed E-state index contributed by atoms with van der Waals surface area (Å²) >= 11 is 0. The number of hydrogen-bond donors (Lipinski definition) is 1. The number of ether oxygens (including phenoxy) is 2. The molecule has 2 rings (SSSR count). The van der Waals surface area contributed by atoms with Crippen LogP contribution in [-0.4, -0.2) is 7.11 Å². The number of benzene rings is 2. The second-order valence-corrected chi connectivity index (χ2v) is 4.63. The minimum absolute atomic E-state index is 0.408. The molecule has 0 aliphatic carbocycles. The molecule has 106 valence electrons. The summed E-state index contributed by atoms with van der Waals surface area (Å²) in [4.78, 5) is 0. The highest BCUT2D eigenvalue weighted by Crippen LogP contribution is 2.27. The highest BCUT2D eigenvalue weighted by molar-refractivity contribution is 5.58. The van der Waals surface area contributed by atoms with E-state index in [4.69, 9.17) is 9.47 Å². The lowest BCUT2D eigenvalue weighted by Crippen LogP contribution is -2.00. The molecule has 0 fully saturated rings. The van der Waals surface area contributed by atoms with Gasteiger partial charge >= 0.3 is 0 Å². The van der Waals surface area contributed by atoms with E-state index in [1.54, 1.807) is 12.6 Å². The molecular weight excluding hydrogens is 257 g/mol. The molecule has 0 aliphatic heterocycles. The van der Waals surface area contributed by atoms with Crippen molar-refractivity contribution in [1.29, 1.82) is 0 Å². The van der Waals surface area contributed by atoms with E-state index < -0.39 is 0 Å². The Morgan fingerprint density at radius 3 is 2.35 bits per heavy atom. The zero-order valence-electron chi connectivity index (χ0n) is 11.9. The fraction of sp³-hybridized carbons (Fsp3) is 0.250. The van der Waals surface area contributed by atoms with Gasteiger partial charge < -0.3 is 9.47 Å². The van der Waals surface area contributed by atoms with Gasteiger partial charge in [0, 0.05) is 5.56 Å². The molecule has 4 heteroatoms. The van der Waals surface area contributed by atoms with E-state index in [2.05, 4.69) is 0 Å². The summed E-state index contributed by atoms with van der Waals surface area (Å²) in [5, 5.41) is 0. The SMILES string of the molecule is COc1ccccc1COc1cc(C)c(NF)c(C)c1. The Balaban J connectivity index is 2.15. The highest BCUT2D eigenvalue weighted by atomic mass is 19.2. The van der Waals surface area contributed by atoms with Gasteiger partial charge in [-0.25, -0.2) is 5.54 Å². The number of nitrogens with one attached hydrogen (secondary N) is 1. The molecule has 20 heavy (non-hydrogen) atoms. The summed E-state index contributed by atoms with van der Waals surface area (Å²) in [5.41, 5.74) is 4.79. The molecule has 0 bridgehead atoms. The maximum absolute atomic E-state index is 12.6. The topological polar surface area (TPSA) is 30.5 Å². The van der Waals surface area contributed by atoms with Crippen LogP contribution in [0.15, 0.2) is 36.4 Å². The van der Waals surface area contributed by atoms with Crippen molar-refractivity contribution in [3.8, 4) is 11.5 Å². The second kappa shape index (κ2) is 6.28. The zero-order chi connectivity index (χ0) is 14.5. The lowest BCUT2D eigenvalue weighted by molar-refractivity contribution is 0.296. The Hall–Kier alpha value is -2.23. The van der Waals surface area contributed by atoms with Crippen LogP contribution in [0.5, 0.6) is 11.5 Å². The lowest BCUT2D eigenvalue weighted by atomic mass is 10.1. The first-order chi connectivity index (χ1) is 9.65. The first-order valence-electron chi connectivity index (χ1n) is 6.38. The molecule has 0 aliphatic rings. The van der Waals surface area contributed by atoms with Crippen LogP contribution in [0.1, 0.15) is 16.7 Å². The van der Waals surface area contributed by atoms with Crippen molar-refractivity contribution < 1.29 is 14.0 Å². The third-order valence-corrected chi connectivity index (χ3v) is 3.19. The predicted octanol–water partition coefficient (Wildman–Crippen LogP) is 4.19. The quantitative estimate of drug-likeness (QED) is 0.830. The molecule has 0 atom stereocenters. The standard InChI is InChI=1S/C16H18FNO2/c1-11-8-14(9-12(2)16(11)18-17)20-10-13-6-4-5-7-15(13)19-3/h4-9,18H,10H2,1-3H3. The smallest absolute Gasteiger partial charge is 0.125 e. The van der Waals surface area contributed by atoms with Crippen molar-refractivity contribution in [1.82, 2.24) is 0 Å². The third kappa shape index (κ3) is 3.02. The van der Waals surface area contributed by atoms with Crippen LogP contribution in [0, 0.1) is 13.8 Å². The van der Waals surface area contributed by atoms with Crippen LogP contribution in [0.3, 0.4) is 0 Å². The molecule has 3 nitrogen and oxygen atoms in total. The largest absolute Gasteiger partial charge is 0.496 e. The average Bonchev–Trinajstić information content (AvgIpc) is 2.45. The van der Waals surface area contributed by atoms with Crippen LogP contribution in [-0.2, 0) is 6.61 Å². The van der Waals surface area contributed by atoms with Gasteiger partial charge in [-0.15, -0.1) is 4.48 Å². The minimum Gasteiger partial charge on any atom is -0.496 e. The van der Waals surface area contributed by atoms with Gasteiger partial charge in [0.1, 0.15) is 18.1 Å². The molecule has 2 aromatic carbocycles. The van der Waals surface area contributed by atoms with Crippen molar-refractivity contribution in [2.24, 2.45) is 0 Å². The number of anilines is 1. The van der Waals surface area contributed by atoms with E-state index >= 15 is 0 Å². The number of rotatable bonds is 5. The van der Waals surface area contributed by atoms with Gasteiger partial charge in [-0.2, -0.15) is 0 Å². The Kier molecular flexibility index (Phi) is 4.45. The summed E-state index contributed by atoms with van der Waals surface area (Å²) < 4.78 is 23.7. The summed E-state index contributed by atoms with van der Waals surface area (Å²) in [6.07, 6.45) is 0. The van der Waals surface area contributed by atoms with Crippen molar-refractivity contribution in [3.63, 3.8) is 0 Å². The molecule has 1 N–H and O–H groups in total. The molecule has 0 amide bonds. The number of methoxy groups -OCH3 is 1. The van der Waals surface area contributed by atoms with Crippen molar-refractivity contribution in [2.45, 2.75) is 20.5 Å². The fourth-order valence-electron chi connectivity index (χ4n) is 2.14. The summed E-state index contributed by atoms with van der Waals surface area (Å²) in [7, 11) is 1.63. The van der Waals surface area contributed by atoms with Crippen molar-refractivity contribution >= 4 is 5.69 Å². The first-order valence-corrected chi connectivity index (χ1v) is 6.38. The zero-order valence-corrected chi connectivity index (χ0v) is 11.9. The highest BCUT2D eigenvalue weighted by Gasteiger charge is 2.07. The van der Waals surface area contributed by atoms with Crippen molar-refractivity contribution in [3.05, 3.63) is 53.1 Å². The van der Waals surface area contributed by atoms with Crippen LogP contribution in [0.25, 0.3) is 0 Å². The van der Waals surface area contributed by atoms with Gasteiger partial charge in [-0.3, -0.25) is 0 Å². The Morgan fingerprint density at radius 2 is 1.75 bits per heavy atom. The molecule has 0 spiro atoms. The Bertz CT molecular complexity index is 576. The maximum Gasteiger partial charge on any atom is 0.125 e. The van der Waals surface area contributed by atoms with Gasteiger partial charge in [0.05, 0.1) is 12.8 Å². The van der Waals surface area contributed by atoms with Crippen LogP contribution >= 0.6 is 0 Å². The van der Waals surface area contributed by atoms with Crippen LogP contribution < -0.4 is 15.0 Å². The summed E-state index contributed by atoms with van der Waals surface area (Å²) in [5.74, 6) is 1.51. The number of hydrogen-bond acceptors (Lipinski definition) is 3. The molecular formula is C16H18FNO2. The number of para-hydroxylation sites is 1. The normalized spacial score (nSPS) is 10.2. The van der Waals surface area contributed by atoms with Gasteiger partial charge in [0.25, 0.3) is 0 Å². The summed E-state index contributed by atoms with van der Waals surface area (Å²) in [6, 6.07) is 11.3.